The molecule has 0 aromatic heterocycles. The standard InChI is InChI=1S/C19H22Cl2N2O4S/c1-3-23(28(25,26)17-9-7-16(8-10-17)27-4-2)13-19(24)22-12-14-5-6-15(20)11-18(14)21/h5-11H,3-4,12-13H2,1-2H3,(H,22,24). The van der Waals surface area contributed by atoms with Crippen LogP contribution in [0.2, 0.25) is 10.0 Å². The van der Waals surface area contributed by atoms with E-state index in [4.69, 9.17) is 27.9 Å². The zero-order valence-electron chi connectivity index (χ0n) is 15.6. The van der Waals surface area contributed by atoms with Gasteiger partial charge in [-0.1, -0.05) is 36.2 Å². The number of nitrogens with one attached hydrogen (secondary N) is 1. The van der Waals surface area contributed by atoms with Gasteiger partial charge in [-0.05, 0) is 48.9 Å². The van der Waals surface area contributed by atoms with Gasteiger partial charge in [0.05, 0.1) is 18.0 Å². The molecular formula is C19H22Cl2N2O4S. The first kappa shape index (κ1) is 22.5. The molecule has 0 unspecified atom stereocenters. The fourth-order valence-corrected chi connectivity index (χ4v) is 4.35. The normalized spacial score (nSPS) is 11.5. The Hall–Kier alpha value is -1.80. The molecule has 0 bridgehead atoms. The molecule has 6 nitrogen and oxygen atoms in total. The molecule has 0 heterocycles. The van der Waals surface area contributed by atoms with Crippen LogP contribution < -0.4 is 10.1 Å². The monoisotopic (exact) mass is 444 g/mol. The van der Waals surface area contributed by atoms with Gasteiger partial charge in [0.1, 0.15) is 5.75 Å². The second kappa shape index (κ2) is 10.1. The molecule has 2 aromatic rings. The van der Waals surface area contributed by atoms with Crippen molar-refractivity contribution in [3.8, 4) is 5.75 Å². The van der Waals surface area contributed by atoms with E-state index in [1.54, 1.807) is 37.3 Å². The number of carbonyl (C=O) groups excluding carboxylic acids is 1. The minimum atomic E-state index is -3.80. The van der Waals surface area contributed by atoms with Crippen LogP contribution in [0.3, 0.4) is 0 Å². The Kier molecular flexibility index (Phi) is 8.12. The third-order valence-electron chi connectivity index (χ3n) is 3.94. The van der Waals surface area contributed by atoms with Gasteiger partial charge in [-0.3, -0.25) is 4.79 Å². The lowest BCUT2D eigenvalue weighted by molar-refractivity contribution is -0.121. The number of likely N-dealkylation sites (N-methyl/N-ethyl adjacent to an activating group) is 1. The molecule has 1 N–H and O–H groups in total. The van der Waals surface area contributed by atoms with E-state index in [0.717, 1.165) is 4.31 Å². The molecule has 0 atom stereocenters. The van der Waals surface area contributed by atoms with E-state index in [2.05, 4.69) is 5.32 Å². The van der Waals surface area contributed by atoms with E-state index in [0.29, 0.717) is 28.0 Å². The molecule has 28 heavy (non-hydrogen) atoms. The minimum absolute atomic E-state index is 0.103. The largest absolute Gasteiger partial charge is 0.494 e. The first-order valence-corrected chi connectivity index (χ1v) is 10.9. The molecule has 0 radical (unpaired) electrons. The van der Waals surface area contributed by atoms with Gasteiger partial charge in [-0.2, -0.15) is 4.31 Å². The molecule has 2 aromatic carbocycles. The van der Waals surface area contributed by atoms with E-state index < -0.39 is 15.9 Å². The Bertz CT molecular complexity index is 918. The summed E-state index contributed by atoms with van der Waals surface area (Å²) >= 11 is 11.9. The molecule has 152 valence electrons. The van der Waals surface area contributed by atoms with Crippen molar-refractivity contribution in [3.63, 3.8) is 0 Å². The second-order valence-electron chi connectivity index (χ2n) is 5.85. The summed E-state index contributed by atoms with van der Waals surface area (Å²) in [7, 11) is -3.80. The number of rotatable bonds is 9. The predicted molar refractivity (Wildman–Crippen MR) is 110 cm³/mol. The number of benzene rings is 2. The van der Waals surface area contributed by atoms with E-state index in [1.807, 2.05) is 6.92 Å². The van der Waals surface area contributed by atoms with Crippen LogP contribution in [-0.4, -0.2) is 38.3 Å². The Morgan fingerprint density at radius 2 is 1.79 bits per heavy atom. The number of hydrogen-bond acceptors (Lipinski definition) is 4. The van der Waals surface area contributed by atoms with Crippen molar-refractivity contribution in [1.82, 2.24) is 9.62 Å². The molecule has 0 saturated carbocycles. The predicted octanol–water partition coefficient (Wildman–Crippen LogP) is 3.72. The summed E-state index contributed by atoms with van der Waals surface area (Å²) in [5, 5.41) is 3.61. The average molecular weight is 445 g/mol. The molecule has 0 aliphatic carbocycles. The summed E-state index contributed by atoms with van der Waals surface area (Å²) in [5.41, 5.74) is 0.692. The number of sulfonamides is 1. The molecule has 0 aliphatic rings. The van der Waals surface area contributed by atoms with Gasteiger partial charge in [-0.15, -0.1) is 0 Å². The first-order chi connectivity index (χ1) is 13.3. The lowest BCUT2D eigenvalue weighted by Crippen LogP contribution is -2.40. The third-order valence-corrected chi connectivity index (χ3v) is 6.46. The second-order valence-corrected chi connectivity index (χ2v) is 8.63. The van der Waals surface area contributed by atoms with E-state index >= 15 is 0 Å². The van der Waals surface area contributed by atoms with Crippen LogP contribution in [0.4, 0.5) is 0 Å². The highest BCUT2D eigenvalue weighted by Crippen LogP contribution is 2.21. The molecule has 0 fully saturated rings. The highest BCUT2D eigenvalue weighted by Gasteiger charge is 2.25. The first-order valence-electron chi connectivity index (χ1n) is 8.71. The van der Waals surface area contributed by atoms with Gasteiger partial charge in [-0.25, -0.2) is 8.42 Å². The molecule has 9 heteroatoms. The third kappa shape index (κ3) is 5.85. The van der Waals surface area contributed by atoms with Crippen molar-refractivity contribution in [2.45, 2.75) is 25.3 Å². The van der Waals surface area contributed by atoms with Crippen molar-refractivity contribution < 1.29 is 17.9 Å². The highest BCUT2D eigenvalue weighted by molar-refractivity contribution is 7.89. The van der Waals surface area contributed by atoms with Crippen LogP contribution in [-0.2, 0) is 21.4 Å². The topological polar surface area (TPSA) is 75.7 Å². The Balaban J connectivity index is 2.03. The van der Waals surface area contributed by atoms with Gasteiger partial charge in [0.2, 0.25) is 15.9 Å². The lowest BCUT2D eigenvalue weighted by Gasteiger charge is -2.20. The molecular weight excluding hydrogens is 423 g/mol. The summed E-state index contributed by atoms with van der Waals surface area (Å²) in [6.07, 6.45) is 0. The maximum Gasteiger partial charge on any atom is 0.243 e. The van der Waals surface area contributed by atoms with Crippen LogP contribution in [0, 0.1) is 0 Å². The SMILES string of the molecule is CCOc1ccc(S(=O)(=O)N(CC)CC(=O)NCc2ccc(Cl)cc2Cl)cc1. The summed E-state index contributed by atoms with van der Waals surface area (Å²) in [5.74, 6) is 0.157. The van der Waals surface area contributed by atoms with E-state index in [1.165, 1.54) is 12.1 Å². The summed E-state index contributed by atoms with van der Waals surface area (Å²) in [6.45, 7) is 4.05. The fraction of sp³-hybridized carbons (Fsp3) is 0.316. The summed E-state index contributed by atoms with van der Waals surface area (Å²) < 4.78 is 32.0. The van der Waals surface area contributed by atoms with Crippen LogP contribution in [0.25, 0.3) is 0 Å². The summed E-state index contributed by atoms with van der Waals surface area (Å²) in [6, 6.07) is 11.1. The molecule has 0 saturated heterocycles. The van der Waals surface area contributed by atoms with E-state index in [-0.39, 0.29) is 24.5 Å². The van der Waals surface area contributed by atoms with Gasteiger partial charge in [0, 0.05) is 23.1 Å². The van der Waals surface area contributed by atoms with Crippen LogP contribution in [0.1, 0.15) is 19.4 Å². The average Bonchev–Trinajstić information content (AvgIpc) is 2.66. The zero-order valence-corrected chi connectivity index (χ0v) is 17.9. The van der Waals surface area contributed by atoms with Gasteiger partial charge < -0.3 is 10.1 Å². The lowest BCUT2D eigenvalue weighted by atomic mass is 10.2. The Morgan fingerprint density at radius 1 is 1.11 bits per heavy atom. The quantitative estimate of drug-likeness (QED) is 0.639. The van der Waals surface area contributed by atoms with Crippen LogP contribution in [0.5, 0.6) is 5.75 Å². The van der Waals surface area contributed by atoms with Crippen LogP contribution >= 0.6 is 23.2 Å². The number of nitrogens with zero attached hydrogens (tertiary/aromatic N) is 1. The highest BCUT2D eigenvalue weighted by atomic mass is 35.5. The fourth-order valence-electron chi connectivity index (χ4n) is 2.47. The summed E-state index contributed by atoms with van der Waals surface area (Å²) in [4.78, 5) is 12.4. The van der Waals surface area contributed by atoms with Crippen molar-refractivity contribution in [2.75, 3.05) is 19.7 Å². The number of amides is 1. The smallest absolute Gasteiger partial charge is 0.243 e. The van der Waals surface area contributed by atoms with Crippen molar-refractivity contribution in [3.05, 3.63) is 58.1 Å². The maximum absolute atomic E-state index is 12.8. The molecule has 2 rings (SSSR count). The zero-order chi connectivity index (χ0) is 20.7. The molecule has 1 amide bonds. The molecule has 0 spiro atoms. The van der Waals surface area contributed by atoms with Gasteiger partial charge in [0.15, 0.2) is 0 Å². The number of halogens is 2. The van der Waals surface area contributed by atoms with Crippen molar-refractivity contribution in [1.29, 1.82) is 0 Å². The number of carbonyl (C=O) groups is 1. The Morgan fingerprint density at radius 3 is 2.36 bits per heavy atom. The minimum Gasteiger partial charge on any atom is -0.494 e. The Labute approximate surface area is 175 Å². The van der Waals surface area contributed by atoms with Crippen molar-refractivity contribution >= 4 is 39.1 Å². The van der Waals surface area contributed by atoms with Gasteiger partial charge >= 0.3 is 0 Å². The van der Waals surface area contributed by atoms with Gasteiger partial charge in [0.25, 0.3) is 0 Å². The number of ether oxygens (including phenoxy) is 1. The maximum atomic E-state index is 12.8. The van der Waals surface area contributed by atoms with Crippen molar-refractivity contribution in [2.24, 2.45) is 0 Å². The molecule has 0 aliphatic heterocycles. The van der Waals surface area contributed by atoms with Crippen LogP contribution in [0.15, 0.2) is 47.4 Å². The van der Waals surface area contributed by atoms with E-state index in [9.17, 15) is 13.2 Å². The number of hydrogen-bond donors (Lipinski definition) is 1.